The summed E-state index contributed by atoms with van der Waals surface area (Å²) in [5.74, 6) is 0.239. The first-order chi connectivity index (χ1) is 14.0. The van der Waals surface area contributed by atoms with Crippen LogP contribution in [0.25, 0.3) is 11.6 Å². The molecule has 0 radical (unpaired) electrons. The van der Waals surface area contributed by atoms with Gasteiger partial charge in [0.1, 0.15) is 0 Å². The predicted octanol–water partition coefficient (Wildman–Crippen LogP) is 5.94. The summed E-state index contributed by atoms with van der Waals surface area (Å²) in [6.45, 7) is 1.91. The molecule has 0 saturated heterocycles. The van der Waals surface area contributed by atoms with Gasteiger partial charge in [0, 0.05) is 5.02 Å². The molecule has 5 heteroatoms. The van der Waals surface area contributed by atoms with E-state index in [-0.39, 0.29) is 0 Å². The number of ether oxygens (including phenoxy) is 2. The lowest BCUT2D eigenvalue weighted by atomic mass is 10.0. The van der Waals surface area contributed by atoms with Crippen LogP contribution in [0.5, 0.6) is 11.5 Å². The molecule has 0 aliphatic rings. The maximum atomic E-state index is 12.4. The van der Waals surface area contributed by atoms with Crippen molar-refractivity contribution >= 4 is 29.2 Å². The Kier molecular flexibility index (Phi) is 6.33. The number of carbonyl (C=O) groups is 1. The molecule has 0 aromatic heterocycles. The van der Waals surface area contributed by atoms with Crippen LogP contribution in [-0.4, -0.2) is 13.1 Å². The van der Waals surface area contributed by atoms with Gasteiger partial charge in [-0.2, -0.15) is 5.26 Å². The molecule has 3 rings (SSSR count). The van der Waals surface area contributed by atoms with Gasteiger partial charge >= 0.3 is 5.97 Å². The number of rotatable bonds is 5. The Labute approximate surface area is 174 Å². The van der Waals surface area contributed by atoms with Crippen LogP contribution in [0, 0.1) is 18.3 Å². The van der Waals surface area contributed by atoms with Gasteiger partial charge in [-0.25, -0.2) is 4.79 Å². The van der Waals surface area contributed by atoms with Crippen molar-refractivity contribution in [3.05, 3.63) is 94.0 Å². The molecule has 3 aromatic carbocycles. The van der Waals surface area contributed by atoms with Gasteiger partial charge in [0.25, 0.3) is 0 Å². The van der Waals surface area contributed by atoms with Crippen molar-refractivity contribution < 1.29 is 14.3 Å². The van der Waals surface area contributed by atoms with Crippen LogP contribution in [0.4, 0.5) is 0 Å². The van der Waals surface area contributed by atoms with E-state index in [4.69, 9.17) is 21.1 Å². The van der Waals surface area contributed by atoms with E-state index in [1.54, 1.807) is 66.7 Å². The number of benzene rings is 3. The third-order valence-electron chi connectivity index (χ3n) is 4.23. The van der Waals surface area contributed by atoms with Crippen molar-refractivity contribution in [3.8, 4) is 17.6 Å². The molecule has 0 N–H and O–H groups in total. The second kappa shape index (κ2) is 9.09. The average Bonchev–Trinajstić information content (AvgIpc) is 2.73. The third kappa shape index (κ3) is 5.04. The normalized spacial score (nSPS) is 10.9. The van der Waals surface area contributed by atoms with E-state index in [2.05, 4.69) is 6.07 Å². The van der Waals surface area contributed by atoms with Crippen LogP contribution >= 0.6 is 11.6 Å². The minimum Gasteiger partial charge on any atom is -0.493 e. The summed E-state index contributed by atoms with van der Waals surface area (Å²) in [7, 11) is 1.50. The van der Waals surface area contributed by atoms with Crippen LogP contribution in [-0.2, 0) is 0 Å². The Balaban J connectivity index is 1.87. The van der Waals surface area contributed by atoms with Crippen molar-refractivity contribution in [2.45, 2.75) is 6.92 Å². The number of nitrogens with zero attached hydrogens (tertiary/aromatic N) is 1. The summed E-state index contributed by atoms with van der Waals surface area (Å²) >= 11 is 5.91. The topological polar surface area (TPSA) is 59.3 Å². The summed E-state index contributed by atoms with van der Waals surface area (Å²) in [5.41, 5.74) is 3.41. The summed E-state index contributed by atoms with van der Waals surface area (Å²) in [6.07, 6.45) is 1.73. The fraction of sp³-hybridized carbons (Fsp3) is 0.0833. The highest BCUT2D eigenvalue weighted by molar-refractivity contribution is 6.30. The van der Waals surface area contributed by atoms with Gasteiger partial charge in [-0.05, 0) is 60.5 Å². The monoisotopic (exact) mass is 403 g/mol. The van der Waals surface area contributed by atoms with E-state index in [1.807, 2.05) is 13.0 Å². The Morgan fingerprint density at radius 2 is 1.76 bits per heavy atom. The number of aryl methyl sites for hydroxylation is 1. The molecular formula is C24H18ClNO3. The molecule has 144 valence electrons. The second-order valence-electron chi connectivity index (χ2n) is 6.35. The summed E-state index contributed by atoms with van der Waals surface area (Å²) in [5, 5.41) is 10.1. The van der Waals surface area contributed by atoms with Crippen molar-refractivity contribution in [1.29, 1.82) is 5.26 Å². The van der Waals surface area contributed by atoms with E-state index < -0.39 is 5.97 Å². The van der Waals surface area contributed by atoms with Gasteiger partial charge in [-0.1, -0.05) is 47.5 Å². The molecule has 29 heavy (non-hydrogen) atoms. The Bertz CT molecular complexity index is 1110. The molecule has 0 aliphatic carbocycles. The summed E-state index contributed by atoms with van der Waals surface area (Å²) < 4.78 is 10.9. The SMILES string of the molecule is COc1cc(/C=C(/C#N)c2ccc(Cl)cc2)ccc1OC(=O)c1cccc(C)c1. The van der Waals surface area contributed by atoms with E-state index in [0.29, 0.717) is 27.7 Å². The van der Waals surface area contributed by atoms with Crippen LogP contribution in [0.2, 0.25) is 5.02 Å². The van der Waals surface area contributed by atoms with Gasteiger partial charge in [0.05, 0.1) is 24.3 Å². The highest BCUT2D eigenvalue weighted by Crippen LogP contribution is 2.30. The van der Waals surface area contributed by atoms with Gasteiger partial charge in [0.15, 0.2) is 11.5 Å². The van der Waals surface area contributed by atoms with Crippen molar-refractivity contribution in [2.75, 3.05) is 7.11 Å². The standard InChI is InChI=1S/C24H18ClNO3/c1-16-4-3-5-19(12-16)24(27)29-22-11-6-17(14-23(22)28-2)13-20(15-26)18-7-9-21(25)10-8-18/h3-14H,1-2H3/b20-13-. The number of hydrogen-bond acceptors (Lipinski definition) is 4. The highest BCUT2D eigenvalue weighted by atomic mass is 35.5. The largest absolute Gasteiger partial charge is 0.493 e. The molecule has 4 nitrogen and oxygen atoms in total. The lowest BCUT2D eigenvalue weighted by Gasteiger charge is -2.10. The molecule has 0 atom stereocenters. The van der Waals surface area contributed by atoms with Gasteiger partial charge in [0.2, 0.25) is 0 Å². The van der Waals surface area contributed by atoms with E-state index in [0.717, 1.165) is 16.7 Å². The Morgan fingerprint density at radius 1 is 1.00 bits per heavy atom. The minimum atomic E-state index is -0.464. The number of methoxy groups -OCH3 is 1. The van der Waals surface area contributed by atoms with Crippen LogP contribution in [0.3, 0.4) is 0 Å². The summed E-state index contributed by atoms with van der Waals surface area (Å²) in [4.78, 5) is 12.4. The lowest BCUT2D eigenvalue weighted by molar-refractivity contribution is 0.0729. The fourth-order valence-corrected chi connectivity index (χ4v) is 2.89. The molecule has 0 saturated carbocycles. The average molecular weight is 404 g/mol. The van der Waals surface area contributed by atoms with Crippen molar-refractivity contribution in [1.82, 2.24) is 0 Å². The zero-order valence-electron chi connectivity index (χ0n) is 16.0. The fourth-order valence-electron chi connectivity index (χ4n) is 2.77. The minimum absolute atomic E-state index is 0.307. The van der Waals surface area contributed by atoms with Gasteiger partial charge in [-0.15, -0.1) is 0 Å². The lowest BCUT2D eigenvalue weighted by Crippen LogP contribution is -2.09. The molecule has 0 spiro atoms. The first-order valence-electron chi connectivity index (χ1n) is 8.85. The molecule has 0 fully saturated rings. The molecule has 3 aromatic rings. The molecular weight excluding hydrogens is 386 g/mol. The van der Waals surface area contributed by atoms with Crippen molar-refractivity contribution in [3.63, 3.8) is 0 Å². The van der Waals surface area contributed by atoms with Crippen LogP contribution in [0.15, 0.2) is 66.7 Å². The van der Waals surface area contributed by atoms with E-state index >= 15 is 0 Å². The van der Waals surface area contributed by atoms with Gasteiger partial charge in [-0.3, -0.25) is 0 Å². The Hall–Kier alpha value is -3.55. The quantitative estimate of drug-likeness (QED) is 0.229. The maximum absolute atomic E-state index is 12.4. The number of hydrogen-bond donors (Lipinski definition) is 0. The van der Waals surface area contributed by atoms with Gasteiger partial charge < -0.3 is 9.47 Å². The van der Waals surface area contributed by atoms with Crippen molar-refractivity contribution in [2.24, 2.45) is 0 Å². The van der Waals surface area contributed by atoms with E-state index in [1.165, 1.54) is 7.11 Å². The molecule has 0 heterocycles. The molecule has 0 unspecified atom stereocenters. The summed E-state index contributed by atoms with van der Waals surface area (Å²) in [6, 6.07) is 21.5. The third-order valence-corrected chi connectivity index (χ3v) is 4.48. The van der Waals surface area contributed by atoms with Crippen LogP contribution in [0.1, 0.15) is 27.0 Å². The first kappa shape index (κ1) is 20.2. The number of nitriles is 1. The highest BCUT2D eigenvalue weighted by Gasteiger charge is 2.13. The predicted molar refractivity (Wildman–Crippen MR) is 114 cm³/mol. The first-order valence-corrected chi connectivity index (χ1v) is 9.22. The number of carbonyl (C=O) groups excluding carboxylic acids is 1. The smallest absolute Gasteiger partial charge is 0.343 e. The Morgan fingerprint density at radius 3 is 2.41 bits per heavy atom. The zero-order valence-corrected chi connectivity index (χ0v) is 16.7. The molecule has 0 aliphatic heterocycles. The number of halogens is 1. The van der Waals surface area contributed by atoms with Crippen LogP contribution < -0.4 is 9.47 Å². The number of allylic oxidation sites excluding steroid dienone is 1. The maximum Gasteiger partial charge on any atom is 0.343 e. The number of esters is 1. The molecule has 0 amide bonds. The molecule has 0 bridgehead atoms. The van der Waals surface area contributed by atoms with E-state index in [9.17, 15) is 10.1 Å². The second-order valence-corrected chi connectivity index (χ2v) is 6.78. The zero-order chi connectivity index (χ0) is 20.8.